The Hall–Kier alpha value is -1.31. The molecule has 1 aliphatic rings. The second kappa shape index (κ2) is 2.97. The Bertz CT molecular complexity index is 320. The largest absolute Gasteiger partial charge is 0.328 e. The fraction of sp³-hybridized carbons (Fsp3) is 0.300. The molecule has 2 rings (SSSR count). The zero-order valence-corrected chi connectivity index (χ0v) is 7.14. The van der Waals surface area contributed by atoms with Crippen LogP contribution < -0.4 is 0 Å². The number of rotatable bonds is 1. The fourth-order valence-corrected chi connectivity index (χ4v) is 1.51. The maximum Gasteiger partial charge on any atom is 0.106 e. The van der Waals surface area contributed by atoms with Crippen molar-refractivity contribution >= 4 is 0 Å². The van der Waals surface area contributed by atoms with E-state index >= 15 is 0 Å². The molecule has 2 heteroatoms. The Labute approximate surface area is 72.2 Å². The molecule has 0 amide bonds. The van der Waals surface area contributed by atoms with Gasteiger partial charge < -0.3 is 4.57 Å². The zero-order valence-electron chi connectivity index (χ0n) is 7.14. The summed E-state index contributed by atoms with van der Waals surface area (Å²) in [4.78, 5) is 4.20. The third-order valence-corrected chi connectivity index (χ3v) is 2.18. The molecule has 62 valence electrons. The third kappa shape index (κ3) is 1.20. The second-order valence-corrected chi connectivity index (χ2v) is 3.00. The lowest BCUT2D eigenvalue weighted by Gasteiger charge is -2.15. The van der Waals surface area contributed by atoms with Gasteiger partial charge in [-0.1, -0.05) is 24.3 Å². The van der Waals surface area contributed by atoms with Gasteiger partial charge in [0.25, 0.3) is 0 Å². The van der Waals surface area contributed by atoms with E-state index in [1.807, 2.05) is 19.3 Å². The SMILES string of the molecule is Cc1nccn1C1C=CC=CC1. The topological polar surface area (TPSA) is 17.8 Å². The van der Waals surface area contributed by atoms with Crippen LogP contribution in [0.25, 0.3) is 0 Å². The molecule has 1 unspecified atom stereocenters. The minimum Gasteiger partial charge on any atom is -0.328 e. The van der Waals surface area contributed by atoms with Crippen molar-refractivity contribution in [3.05, 3.63) is 42.5 Å². The van der Waals surface area contributed by atoms with Crippen molar-refractivity contribution in [2.45, 2.75) is 19.4 Å². The fourth-order valence-electron chi connectivity index (χ4n) is 1.51. The highest BCUT2D eigenvalue weighted by atomic mass is 15.1. The number of aryl methyl sites for hydroxylation is 1. The quantitative estimate of drug-likeness (QED) is 0.616. The number of hydrogen-bond acceptors (Lipinski definition) is 1. The lowest BCUT2D eigenvalue weighted by Crippen LogP contribution is -2.07. The predicted octanol–water partition coefficient (Wildman–Crippen LogP) is 2.25. The highest BCUT2D eigenvalue weighted by Crippen LogP contribution is 2.18. The van der Waals surface area contributed by atoms with E-state index in [0.29, 0.717) is 6.04 Å². The standard InChI is InChI=1S/C10H12N2/c1-9-11-7-8-12(9)10-5-3-2-4-6-10/h2-5,7-8,10H,6H2,1H3. The van der Waals surface area contributed by atoms with Gasteiger partial charge in [-0.2, -0.15) is 0 Å². The van der Waals surface area contributed by atoms with Crippen LogP contribution in [0.4, 0.5) is 0 Å². The number of hydrogen-bond donors (Lipinski definition) is 0. The molecule has 0 aromatic carbocycles. The van der Waals surface area contributed by atoms with Crippen LogP contribution in [0.1, 0.15) is 18.3 Å². The first-order chi connectivity index (χ1) is 5.88. The van der Waals surface area contributed by atoms with E-state index in [4.69, 9.17) is 0 Å². The molecular formula is C10H12N2. The first kappa shape index (κ1) is 7.35. The normalized spacial score (nSPS) is 21.6. The molecule has 0 radical (unpaired) electrons. The number of imidazole rings is 1. The molecule has 0 saturated carbocycles. The Kier molecular flexibility index (Phi) is 1.82. The molecular weight excluding hydrogens is 148 g/mol. The van der Waals surface area contributed by atoms with Crippen LogP contribution in [0.3, 0.4) is 0 Å². The van der Waals surface area contributed by atoms with Gasteiger partial charge in [0.05, 0.1) is 6.04 Å². The average molecular weight is 160 g/mol. The Morgan fingerprint density at radius 2 is 2.42 bits per heavy atom. The van der Waals surface area contributed by atoms with Gasteiger partial charge in [-0.25, -0.2) is 4.98 Å². The summed E-state index contributed by atoms with van der Waals surface area (Å²) in [6.07, 6.45) is 13.5. The summed E-state index contributed by atoms with van der Waals surface area (Å²) >= 11 is 0. The summed E-state index contributed by atoms with van der Waals surface area (Å²) < 4.78 is 2.19. The summed E-state index contributed by atoms with van der Waals surface area (Å²) in [5.41, 5.74) is 0. The van der Waals surface area contributed by atoms with Crippen molar-refractivity contribution in [1.29, 1.82) is 0 Å². The molecule has 1 aliphatic carbocycles. The van der Waals surface area contributed by atoms with Crippen molar-refractivity contribution in [1.82, 2.24) is 9.55 Å². The van der Waals surface area contributed by atoms with Crippen molar-refractivity contribution in [3.8, 4) is 0 Å². The van der Waals surface area contributed by atoms with Crippen molar-refractivity contribution in [2.75, 3.05) is 0 Å². The molecule has 1 atom stereocenters. The third-order valence-electron chi connectivity index (χ3n) is 2.18. The maximum atomic E-state index is 4.20. The first-order valence-corrected chi connectivity index (χ1v) is 4.20. The van der Waals surface area contributed by atoms with Gasteiger partial charge in [-0.3, -0.25) is 0 Å². The van der Waals surface area contributed by atoms with E-state index in [1.54, 1.807) is 0 Å². The molecule has 0 N–H and O–H groups in total. The van der Waals surface area contributed by atoms with E-state index in [-0.39, 0.29) is 0 Å². The van der Waals surface area contributed by atoms with E-state index in [9.17, 15) is 0 Å². The van der Waals surface area contributed by atoms with Gasteiger partial charge in [0.1, 0.15) is 5.82 Å². The van der Waals surface area contributed by atoms with E-state index in [0.717, 1.165) is 12.2 Å². The first-order valence-electron chi connectivity index (χ1n) is 4.20. The number of aromatic nitrogens is 2. The molecule has 0 saturated heterocycles. The molecule has 1 aromatic heterocycles. The van der Waals surface area contributed by atoms with Crippen molar-refractivity contribution in [2.24, 2.45) is 0 Å². The number of nitrogens with zero attached hydrogens (tertiary/aromatic N) is 2. The van der Waals surface area contributed by atoms with Gasteiger partial charge in [0.15, 0.2) is 0 Å². The lowest BCUT2D eigenvalue weighted by molar-refractivity contribution is 0.590. The minimum absolute atomic E-state index is 0.470. The molecule has 1 heterocycles. The van der Waals surface area contributed by atoms with E-state index in [1.165, 1.54) is 0 Å². The van der Waals surface area contributed by atoms with Crippen LogP contribution in [-0.2, 0) is 0 Å². The summed E-state index contributed by atoms with van der Waals surface area (Å²) in [5, 5.41) is 0. The van der Waals surface area contributed by atoms with Crippen molar-refractivity contribution < 1.29 is 0 Å². The summed E-state index contributed by atoms with van der Waals surface area (Å²) in [7, 11) is 0. The highest BCUT2D eigenvalue weighted by molar-refractivity contribution is 5.14. The molecule has 1 aromatic rings. The van der Waals surface area contributed by atoms with Crippen LogP contribution >= 0.6 is 0 Å². The van der Waals surface area contributed by atoms with Crippen LogP contribution in [0, 0.1) is 6.92 Å². The predicted molar refractivity (Wildman–Crippen MR) is 48.9 cm³/mol. The molecule has 0 aliphatic heterocycles. The summed E-state index contributed by atoms with van der Waals surface area (Å²) in [6.45, 7) is 2.03. The second-order valence-electron chi connectivity index (χ2n) is 3.00. The molecule has 0 bridgehead atoms. The molecule has 2 nitrogen and oxygen atoms in total. The van der Waals surface area contributed by atoms with Crippen LogP contribution in [0.2, 0.25) is 0 Å². The van der Waals surface area contributed by atoms with E-state index in [2.05, 4.69) is 33.9 Å². The molecule has 0 fully saturated rings. The van der Waals surface area contributed by atoms with Gasteiger partial charge in [-0.05, 0) is 13.3 Å². The maximum absolute atomic E-state index is 4.20. The molecule has 0 spiro atoms. The van der Waals surface area contributed by atoms with Crippen LogP contribution in [-0.4, -0.2) is 9.55 Å². The van der Waals surface area contributed by atoms with Crippen LogP contribution in [0.15, 0.2) is 36.7 Å². The Morgan fingerprint density at radius 3 is 3.00 bits per heavy atom. The smallest absolute Gasteiger partial charge is 0.106 e. The van der Waals surface area contributed by atoms with Crippen LogP contribution in [0.5, 0.6) is 0 Å². The lowest BCUT2D eigenvalue weighted by atomic mass is 10.1. The van der Waals surface area contributed by atoms with E-state index < -0.39 is 0 Å². The Morgan fingerprint density at radius 1 is 1.50 bits per heavy atom. The average Bonchev–Trinajstić information content (AvgIpc) is 2.53. The minimum atomic E-state index is 0.470. The molecule has 12 heavy (non-hydrogen) atoms. The number of allylic oxidation sites excluding steroid dienone is 4. The monoisotopic (exact) mass is 160 g/mol. The van der Waals surface area contributed by atoms with Gasteiger partial charge in [-0.15, -0.1) is 0 Å². The van der Waals surface area contributed by atoms with Gasteiger partial charge in [0.2, 0.25) is 0 Å². The van der Waals surface area contributed by atoms with Gasteiger partial charge >= 0.3 is 0 Å². The van der Waals surface area contributed by atoms with Crippen molar-refractivity contribution in [3.63, 3.8) is 0 Å². The highest BCUT2D eigenvalue weighted by Gasteiger charge is 2.08. The summed E-state index contributed by atoms with van der Waals surface area (Å²) in [5.74, 6) is 1.08. The zero-order chi connectivity index (χ0) is 8.39. The van der Waals surface area contributed by atoms with Gasteiger partial charge in [0, 0.05) is 12.4 Å². The Balaban J connectivity index is 2.26. The summed E-state index contributed by atoms with van der Waals surface area (Å²) in [6, 6.07) is 0.470.